The molecule has 0 aliphatic rings. The zero-order valence-corrected chi connectivity index (χ0v) is 13.0. The van der Waals surface area contributed by atoms with E-state index in [1.54, 1.807) is 24.3 Å². The Morgan fingerprint density at radius 1 is 0.920 bits per heavy atom. The van der Waals surface area contributed by atoms with E-state index in [0.29, 0.717) is 11.0 Å². The van der Waals surface area contributed by atoms with Crippen molar-refractivity contribution in [2.45, 2.75) is 0 Å². The van der Waals surface area contributed by atoms with Crippen molar-refractivity contribution in [1.82, 2.24) is 0 Å². The molecular weight excluding hydrogens is 318 g/mol. The molecule has 25 heavy (non-hydrogen) atoms. The van der Waals surface area contributed by atoms with Crippen LogP contribution in [-0.4, -0.2) is 11.0 Å². The predicted octanol–water partition coefficient (Wildman–Crippen LogP) is 3.90. The number of fused-ring (bicyclic) bond motifs is 3. The SMILES string of the molecule is O=C(Nc1ccccc1O)c1cc2c(ccc3ccccc32)oc1=O. The number of hydrogen-bond acceptors (Lipinski definition) is 4. The van der Waals surface area contributed by atoms with Crippen LogP contribution in [0.4, 0.5) is 5.69 Å². The molecule has 1 heterocycles. The van der Waals surface area contributed by atoms with Gasteiger partial charge in [-0.3, -0.25) is 4.79 Å². The van der Waals surface area contributed by atoms with Gasteiger partial charge in [0.05, 0.1) is 5.69 Å². The summed E-state index contributed by atoms with van der Waals surface area (Å²) in [5.41, 5.74) is -0.199. The van der Waals surface area contributed by atoms with Gasteiger partial charge in [-0.25, -0.2) is 4.79 Å². The van der Waals surface area contributed by atoms with Gasteiger partial charge in [-0.1, -0.05) is 42.5 Å². The maximum atomic E-state index is 12.5. The summed E-state index contributed by atoms with van der Waals surface area (Å²) >= 11 is 0. The number of anilines is 1. The molecule has 5 heteroatoms. The molecule has 4 rings (SSSR count). The third-order valence-electron chi connectivity index (χ3n) is 4.04. The topological polar surface area (TPSA) is 79.5 Å². The van der Waals surface area contributed by atoms with Crippen LogP contribution >= 0.6 is 0 Å². The summed E-state index contributed by atoms with van der Waals surface area (Å²) in [6, 6.07) is 19.1. The summed E-state index contributed by atoms with van der Waals surface area (Å²) in [4.78, 5) is 24.7. The minimum absolute atomic E-state index is 0.0773. The number of nitrogens with one attached hydrogen (secondary N) is 1. The molecular formula is C20H13NO4. The monoisotopic (exact) mass is 331 g/mol. The molecule has 0 aliphatic carbocycles. The van der Waals surface area contributed by atoms with Gasteiger partial charge in [0.1, 0.15) is 16.9 Å². The zero-order chi connectivity index (χ0) is 17.4. The Balaban J connectivity index is 1.85. The third kappa shape index (κ3) is 2.61. The van der Waals surface area contributed by atoms with Crippen LogP contribution in [0.15, 0.2) is 75.9 Å². The summed E-state index contributed by atoms with van der Waals surface area (Å²) in [5, 5.41) is 14.9. The minimum atomic E-state index is -0.726. The number of hydrogen-bond donors (Lipinski definition) is 2. The Morgan fingerprint density at radius 3 is 2.52 bits per heavy atom. The van der Waals surface area contributed by atoms with Gasteiger partial charge in [-0.15, -0.1) is 0 Å². The molecule has 0 saturated heterocycles. The van der Waals surface area contributed by atoms with E-state index in [-0.39, 0.29) is 17.0 Å². The predicted molar refractivity (Wildman–Crippen MR) is 96.1 cm³/mol. The van der Waals surface area contributed by atoms with E-state index >= 15 is 0 Å². The zero-order valence-electron chi connectivity index (χ0n) is 13.0. The van der Waals surface area contributed by atoms with Crippen LogP contribution in [0.25, 0.3) is 21.7 Å². The average molecular weight is 331 g/mol. The van der Waals surface area contributed by atoms with Gasteiger partial charge in [0, 0.05) is 5.39 Å². The van der Waals surface area contributed by atoms with Gasteiger partial charge in [0.25, 0.3) is 5.91 Å². The lowest BCUT2D eigenvalue weighted by Gasteiger charge is -2.08. The first kappa shape index (κ1) is 15.0. The number of para-hydroxylation sites is 2. The summed E-state index contributed by atoms with van der Waals surface area (Å²) in [6.45, 7) is 0. The second-order valence-electron chi connectivity index (χ2n) is 5.62. The lowest BCUT2D eigenvalue weighted by atomic mass is 10.0. The first-order valence-corrected chi connectivity index (χ1v) is 7.68. The highest BCUT2D eigenvalue weighted by Crippen LogP contribution is 2.26. The van der Waals surface area contributed by atoms with E-state index in [4.69, 9.17) is 4.42 Å². The Morgan fingerprint density at radius 2 is 1.68 bits per heavy atom. The molecule has 0 radical (unpaired) electrons. The molecule has 122 valence electrons. The molecule has 5 nitrogen and oxygen atoms in total. The molecule has 0 aliphatic heterocycles. The summed E-state index contributed by atoms with van der Waals surface area (Å²) < 4.78 is 5.31. The molecule has 1 aromatic heterocycles. The highest BCUT2D eigenvalue weighted by atomic mass is 16.4. The van der Waals surface area contributed by atoms with Crippen molar-refractivity contribution in [1.29, 1.82) is 0 Å². The molecule has 0 saturated carbocycles. The number of aromatic hydroxyl groups is 1. The van der Waals surface area contributed by atoms with Crippen molar-refractivity contribution in [2.24, 2.45) is 0 Å². The van der Waals surface area contributed by atoms with Gasteiger partial charge < -0.3 is 14.8 Å². The summed E-state index contributed by atoms with van der Waals surface area (Å²) in [5.74, 6) is -0.712. The second-order valence-corrected chi connectivity index (χ2v) is 5.62. The molecule has 0 spiro atoms. The smallest absolute Gasteiger partial charge is 0.349 e. The van der Waals surface area contributed by atoms with Crippen LogP contribution in [0.1, 0.15) is 10.4 Å². The molecule has 0 atom stereocenters. The van der Waals surface area contributed by atoms with E-state index in [1.807, 2.05) is 30.3 Å². The van der Waals surface area contributed by atoms with Crippen LogP contribution in [0.2, 0.25) is 0 Å². The minimum Gasteiger partial charge on any atom is -0.506 e. The maximum Gasteiger partial charge on any atom is 0.349 e. The maximum absolute atomic E-state index is 12.5. The fourth-order valence-electron chi connectivity index (χ4n) is 2.80. The molecule has 0 unspecified atom stereocenters. The number of phenolic OH excluding ortho intramolecular Hbond substituents is 1. The van der Waals surface area contributed by atoms with Crippen LogP contribution in [0, 0.1) is 0 Å². The second kappa shape index (κ2) is 5.79. The van der Waals surface area contributed by atoms with Crippen molar-refractivity contribution < 1.29 is 14.3 Å². The van der Waals surface area contributed by atoms with E-state index < -0.39 is 11.5 Å². The highest BCUT2D eigenvalue weighted by Gasteiger charge is 2.16. The van der Waals surface area contributed by atoms with Crippen molar-refractivity contribution >= 4 is 33.3 Å². The van der Waals surface area contributed by atoms with E-state index in [1.165, 1.54) is 12.1 Å². The average Bonchev–Trinajstić information content (AvgIpc) is 2.62. The molecule has 0 bridgehead atoms. The van der Waals surface area contributed by atoms with Gasteiger partial charge in [-0.05, 0) is 35.0 Å². The van der Waals surface area contributed by atoms with Crippen molar-refractivity contribution in [3.05, 3.63) is 82.7 Å². The number of phenols is 1. The van der Waals surface area contributed by atoms with Crippen LogP contribution in [-0.2, 0) is 0 Å². The highest BCUT2D eigenvalue weighted by molar-refractivity contribution is 6.10. The standard InChI is InChI=1S/C20H13NO4/c22-17-8-4-3-7-16(17)21-19(23)15-11-14-13-6-2-1-5-12(13)9-10-18(14)25-20(15)24/h1-11,22H,(H,21,23). The number of carbonyl (C=O) groups excluding carboxylic acids is 1. The van der Waals surface area contributed by atoms with Crippen molar-refractivity contribution in [3.8, 4) is 5.75 Å². The number of carbonyl (C=O) groups is 1. The Bertz CT molecular complexity index is 1180. The third-order valence-corrected chi connectivity index (χ3v) is 4.04. The first-order valence-electron chi connectivity index (χ1n) is 7.68. The van der Waals surface area contributed by atoms with E-state index in [0.717, 1.165) is 10.8 Å². The van der Waals surface area contributed by atoms with E-state index in [2.05, 4.69) is 5.32 Å². The number of amides is 1. The van der Waals surface area contributed by atoms with Crippen molar-refractivity contribution in [3.63, 3.8) is 0 Å². The van der Waals surface area contributed by atoms with Crippen LogP contribution in [0.5, 0.6) is 5.75 Å². The Hall–Kier alpha value is -3.60. The van der Waals surface area contributed by atoms with Gasteiger partial charge in [-0.2, -0.15) is 0 Å². The molecule has 0 fully saturated rings. The number of rotatable bonds is 2. The molecule has 3 aromatic carbocycles. The van der Waals surface area contributed by atoms with Gasteiger partial charge in [0.2, 0.25) is 0 Å². The Kier molecular flexibility index (Phi) is 3.47. The summed E-state index contributed by atoms with van der Waals surface area (Å²) in [7, 11) is 0. The van der Waals surface area contributed by atoms with Crippen LogP contribution in [0.3, 0.4) is 0 Å². The largest absolute Gasteiger partial charge is 0.506 e. The van der Waals surface area contributed by atoms with Crippen molar-refractivity contribution in [2.75, 3.05) is 5.32 Å². The molecule has 2 N–H and O–H groups in total. The number of benzene rings is 3. The summed E-state index contributed by atoms with van der Waals surface area (Å²) in [6.07, 6.45) is 0. The van der Waals surface area contributed by atoms with E-state index in [9.17, 15) is 14.7 Å². The van der Waals surface area contributed by atoms with Gasteiger partial charge >= 0.3 is 5.63 Å². The molecule has 4 aromatic rings. The normalized spacial score (nSPS) is 10.9. The quantitative estimate of drug-likeness (QED) is 0.332. The molecule has 1 amide bonds. The fourth-order valence-corrected chi connectivity index (χ4v) is 2.80. The first-order chi connectivity index (χ1) is 12.1. The lowest BCUT2D eigenvalue weighted by Crippen LogP contribution is -2.20. The Labute approximate surface area is 142 Å². The lowest BCUT2D eigenvalue weighted by molar-refractivity contribution is 0.102. The van der Waals surface area contributed by atoms with Gasteiger partial charge in [0.15, 0.2) is 0 Å². The fraction of sp³-hybridized carbons (Fsp3) is 0. The van der Waals surface area contributed by atoms with Crippen LogP contribution < -0.4 is 10.9 Å².